The Morgan fingerprint density at radius 3 is 2.64 bits per heavy atom. The highest BCUT2D eigenvalue weighted by atomic mass is 16.5. The van der Waals surface area contributed by atoms with E-state index < -0.39 is 0 Å². The smallest absolute Gasteiger partial charge is 0.224 e. The summed E-state index contributed by atoms with van der Waals surface area (Å²) in [6.07, 6.45) is 0.250. The number of hydrogen-bond donors (Lipinski definition) is 1. The number of ether oxygens (including phenoxy) is 2. The van der Waals surface area contributed by atoms with Crippen molar-refractivity contribution in [1.29, 1.82) is 0 Å². The van der Waals surface area contributed by atoms with Crippen LogP contribution < -0.4 is 14.8 Å². The van der Waals surface area contributed by atoms with Gasteiger partial charge in [-0.05, 0) is 26.0 Å². The minimum Gasteiger partial charge on any atom is -0.497 e. The molecule has 1 amide bonds. The van der Waals surface area contributed by atoms with Gasteiger partial charge in [-0.2, -0.15) is 0 Å². The van der Waals surface area contributed by atoms with Crippen LogP contribution in [0.1, 0.15) is 22.6 Å². The van der Waals surface area contributed by atoms with Gasteiger partial charge in [0.1, 0.15) is 17.3 Å². The predicted molar refractivity (Wildman–Crippen MR) is 81.1 cm³/mol. The first-order valence-corrected chi connectivity index (χ1v) is 6.94. The summed E-state index contributed by atoms with van der Waals surface area (Å²) in [5, 5.41) is 6.72. The second-order valence-corrected chi connectivity index (χ2v) is 4.93. The molecule has 22 heavy (non-hydrogen) atoms. The summed E-state index contributed by atoms with van der Waals surface area (Å²) < 4.78 is 15.5. The highest BCUT2D eigenvalue weighted by Gasteiger charge is 2.14. The second-order valence-electron chi connectivity index (χ2n) is 4.93. The maximum absolute atomic E-state index is 12.1. The van der Waals surface area contributed by atoms with Gasteiger partial charge in [-0.15, -0.1) is 0 Å². The van der Waals surface area contributed by atoms with E-state index in [-0.39, 0.29) is 12.3 Å². The van der Waals surface area contributed by atoms with Crippen LogP contribution in [0.15, 0.2) is 22.7 Å². The molecule has 0 aliphatic heterocycles. The third-order valence-electron chi connectivity index (χ3n) is 3.49. The molecule has 0 spiro atoms. The van der Waals surface area contributed by atoms with Crippen LogP contribution in [-0.2, 0) is 17.8 Å². The molecular formula is C16H20N2O4. The lowest BCUT2D eigenvalue weighted by atomic mass is 10.1. The number of aryl methyl sites for hydroxylation is 2. The molecule has 118 valence electrons. The lowest BCUT2D eigenvalue weighted by molar-refractivity contribution is -0.120. The Labute approximate surface area is 129 Å². The summed E-state index contributed by atoms with van der Waals surface area (Å²) in [4.78, 5) is 12.1. The molecule has 0 saturated heterocycles. The van der Waals surface area contributed by atoms with Crippen LogP contribution in [0.3, 0.4) is 0 Å². The van der Waals surface area contributed by atoms with E-state index in [1.54, 1.807) is 27.2 Å². The van der Waals surface area contributed by atoms with Crippen molar-refractivity contribution in [2.24, 2.45) is 0 Å². The Bertz CT molecular complexity index is 645. The minimum atomic E-state index is -0.0905. The van der Waals surface area contributed by atoms with Crippen LogP contribution >= 0.6 is 0 Å². The summed E-state index contributed by atoms with van der Waals surface area (Å²) >= 11 is 0. The Hall–Kier alpha value is -2.50. The van der Waals surface area contributed by atoms with E-state index >= 15 is 0 Å². The number of nitrogens with zero attached hydrogens (tertiary/aromatic N) is 1. The number of carbonyl (C=O) groups excluding carboxylic acids is 1. The van der Waals surface area contributed by atoms with Crippen molar-refractivity contribution in [1.82, 2.24) is 10.5 Å². The van der Waals surface area contributed by atoms with Crippen LogP contribution in [0.2, 0.25) is 0 Å². The van der Waals surface area contributed by atoms with Crippen LogP contribution in [0.5, 0.6) is 11.5 Å². The number of rotatable bonds is 6. The molecule has 1 heterocycles. The Balaban J connectivity index is 1.99. The molecular weight excluding hydrogens is 284 g/mol. The molecule has 0 aliphatic carbocycles. The maximum atomic E-state index is 12.1. The zero-order valence-corrected chi connectivity index (χ0v) is 13.2. The van der Waals surface area contributed by atoms with E-state index in [1.165, 1.54) is 0 Å². The van der Waals surface area contributed by atoms with E-state index in [4.69, 9.17) is 14.0 Å². The lowest BCUT2D eigenvalue weighted by Gasteiger charge is -2.11. The van der Waals surface area contributed by atoms with E-state index in [9.17, 15) is 4.79 Å². The standard InChI is InChI=1S/C16H20N2O4/c1-10-14(11(2)22-18-10)8-16(19)17-9-12-5-6-13(20-3)7-15(12)21-4/h5-7H,8-9H2,1-4H3,(H,17,19). The highest BCUT2D eigenvalue weighted by molar-refractivity contribution is 5.79. The van der Waals surface area contributed by atoms with Gasteiger partial charge in [0.15, 0.2) is 0 Å². The molecule has 1 N–H and O–H groups in total. The quantitative estimate of drug-likeness (QED) is 0.885. The SMILES string of the molecule is COc1ccc(CNC(=O)Cc2c(C)noc2C)c(OC)c1. The van der Waals surface area contributed by atoms with Crippen molar-refractivity contribution in [3.05, 3.63) is 40.8 Å². The Morgan fingerprint density at radius 2 is 2.05 bits per heavy atom. The van der Waals surface area contributed by atoms with Crippen molar-refractivity contribution in [3.8, 4) is 11.5 Å². The first-order valence-electron chi connectivity index (χ1n) is 6.94. The molecule has 0 unspecified atom stereocenters. The topological polar surface area (TPSA) is 73.6 Å². The normalized spacial score (nSPS) is 10.4. The van der Waals surface area contributed by atoms with Gasteiger partial charge >= 0.3 is 0 Å². The van der Waals surface area contributed by atoms with E-state index in [2.05, 4.69) is 10.5 Å². The van der Waals surface area contributed by atoms with Gasteiger partial charge < -0.3 is 19.3 Å². The maximum Gasteiger partial charge on any atom is 0.224 e. The summed E-state index contributed by atoms with van der Waals surface area (Å²) in [6, 6.07) is 5.49. The zero-order chi connectivity index (χ0) is 16.1. The van der Waals surface area contributed by atoms with Gasteiger partial charge in [-0.25, -0.2) is 0 Å². The number of nitrogens with one attached hydrogen (secondary N) is 1. The fraction of sp³-hybridized carbons (Fsp3) is 0.375. The van der Waals surface area contributed by atoms with E-state index in [0.29, 0.717) is 23.8 Å². The minimum absolute atomic E-state index is 0.0905. The fourth-order valence-electron chi connectivity index (χ4n) is 2.17. The highest BCUT2D eigenvalue weighted by Crippen LogP contribution is 2.24. The molecule has 0 bridgehead atoms. The van der Waals surface area contributed by atoms with Gasteiger partial charge in [0.2, 0.25) is 5.91 Å². The van der Waals surface area contributed by atoms with Crippen molar-refractivity contribution in [3.63, 3.8) is 0 Å². The van der Waals surface area contributed by atoms with Crippen LogP contribution in [-0.4, -0.2) is 25.3 Å². The summed E-state index contributed by atoms with van der Waals surface area (Å²) in [6.45, 7) is 4.01. The summed E-state index contributed by atoms with van der Waals surface area (Å²) in [5.74, 6) is 1.97. The first-order chi connectivity index (χ1) is 10.5. The fourth-order valence-corrected chi connectivity index (χ4v) is 2.17. The molecule has 6 nitrogen and oxygen atoms in total. The average Bonchev–Trinajstić information content (AvgIpc) is 2.84. The van der Waals surface area contributed by atoms with E-state index in [1.807, 2.05) is 19.1 Å². The zero-order valence-electron chi connectivity index (χ0n) is 13.2. The molecule has 6 heteroatoms. The molecule has 0 radical (unpaired) electrons. The van der Waals surface area contributed by atoms with Crippen molar-refractivity contribution in [2.45, 2.75) is 26.8 Å². The van der Waals surface area contributed by atoms with Crippen molar-refractivity contribution < 1.29 is 18.8 Å². The summed E-state index contributed by atoms with van der Waals surface area (Å²) in [5.41, 5.74) is 2.46. The Morgan fingerprint density at radius 1 is 1.27 bits per heavy atom. The van der Waals surface area contributed by atoms with E-state index in [0.717, 1.165) is 16.8 Å². The van der Waals surface area contributed by atoms with Gasteiger partial charge in [0.05, 0.1) is 26.3 Å². The van der Waals surface area contributed by atoms with Crippen molar-refractivity contribution >= 4 is 5.91 Å². The molecule has 0 aliphatic rings. The molecule has 1 aromatic carbocycles. The average molecular weight is 304 g/mol. The molecule has 0 atom stereocenters. The third kappa shape index (κ3) is 3.58. The monoisotopic (exact) mass is 304 g/mol. The second kappa shape index (κ2) is 6.98. The number of benzene rings is 1. The Kier molecular flexibility index (Phi) is 5.04. The molecule has 2 aromatic rings. The molecule has 2 rings (SSSR count). The predicted octanol–water partition coefficient (Wildman–Crippen LogP) is 2.17. The molecule has 0 saturated carbocycles. The summed E-state index contributed by atoms with van der Waals surface area (Å²) in [7, 11) is 3.18. The third-order valence-corrected chi connectivity index (χ3v) is 3.49. The van der Waals surface area contributed by atoms with Gasteiger partial charge in [0.25, 0.3) is 0 Å². The van der Waals surface area contributed by atoms with Crippen molar-refractivity contribution in [2.75, 3.05) is 14.2 Å². The van der Waals surface area contributed by atoms with Gasteiger partial charge in [0, 0.05) is 23.7 Å². The van der Waals surface area contributed by atoms with Gasteiger partial charge in [-0.3, -0.25) is 4.79 Å². The largest absolute Gasteiger partial charge is 0.497 e. The number of amides is 1. The van der Waals surface area contributed by atoms with Crippen LogP contribution in [0, 0.1) is 13.8 Å². The van der Waals surface area contributed by atoms with Gasteiger partial charge in [-0.1, -0.05) is 5.16 Å². The number of aromatic nitrogens is 1. The lowest BCUT2D eigenvalue weighted by Crippen LogP contribution is -2.25. The molecule has 1 aromatic heterocycles. The molecule has 0 fully saturated rings. The number of carbonyl (C=O) groups is 1. The number of hydrogen-bond acceptors (Lipinski definition) is 5. The number of methoxy groups -OCH3 is 2. The first kappa shape index (κ1) is 15.9. The van der Waals surface area contributed by atoms with Crippen LogP contribution in [0.4, 0.5) is 0 Å². The van der Waals surface area contributed by atoms with Crippen LogP contribution in [0.25, 0.3) is 0 Å².